The molecule has 0 saturated heterocycles. The number of nitrogens with one attached hydrogen (secondary N) is 2. The van der Waals surface area contributed by atoms with E-state index in [0.29, 0.717) is 17.1 Å². The van der Waals surface area contributed by atoms with Gasteiger partial charge in [0.05, 0.1) is 0 Å². The molecule has 28 heavy (non-hydrogen) atoms. The van der Waals surface area contributed by atoms with Crippen LogP contribution in [0.1, 0.15) is 11.3 Å². The van der Waals surface area contributed by atoms with Crippen LogP contribution >= 0.6 is 0 Å². The van der Waals surface area contributed by atoms with E-state index in [9.17, 15) is 14.0 Å². The van der Waals surface area contributed by atoms with Crippen LogP contribution in [0.3, 0.4) is 0 Å². The highest BCUT2D eigenvalue weighted by Crippen LogP contribution is 2.24. The number of rotatable bonds is 5. The minimum absolute atomic E-state index is 0.0442. The molecule has 0 atom stereocenters. The third-order valence-corrected chi connectivity index (χ3v) is 4.07. The predicted octanol–water partition coefficient (Wildman–Crippen LogP) is 5.04. The summed E-state index contributed by atoms with van der Waals surface area (Å²) < 4.78 is 32.2. The van der Waals surface area contributed by atoms with E-state index in [1.54, 1.807) is 6.07 Å². The number of nitrogens with zero attached hydrogens (tertiary/aromatic N) is 2. The zero-order chi connectivity index (χ0) is 19.5. The van der Waals surface area contributed by atoms with Crippen LogP contribution in [0.15, 0.2) is 60.8 Å². The van der Waals surface area contributed by atoms with Gasteiger partial charge in [-0.3, -0.25) is 0 Å². The van der Waals surface area contributed by atoms with Gasteiger partial charge in [0.2, 0.25) is 0 Å². The number of halogens is 2. The number of ether oxygens (including phenoxy) is 1. The molecule has 0 saturated carbocycles. The SMILES string of the molecule is N#Cc1cc(OCc2cc(F)cc(F)c2)cc(Nc2ccc3cc[nH]c3c2)n1. The van der Waals surface area contributed by atoms with E-state index in [4.69, 9.17) is 4.74 Å². The Morgan fingerprint density at radius 1 is 1.04 bits per heavy atom. The van der Waals surface area contributed by atoms with Crippen molar-refractivity contribution in [1.29, 1.82) is 5.26 Å². The summed E-state index contributed by atoms with van der Waals surface area (Å²) in [7, 11) is 0. The first-order valence-electron chi connectivity index (χ1n) is 8.43. The Kier molecular flexibility index (Phi) is 4.60. The minimum atomic E-state index is -0.673. The van der Waals surface area contributed by atoms with Crippen LogP contribution in [-0.2, 0) is 6.61 Å². The number of aromatic nitrogens is 2. The van der Waals surface area contributed by atoms with Crippen molar-refractivity contribution in [2.75, 3.05) is 5.32 Å². The molecule has 0 bridgehead atoms. The van der Waals surface area contributed by atoms with Crippen LogP contribution in [0.5, 0.6) is 5.75 Å². The molecule has 7 heteroatoms. The van der Waals surface area contributed by atoms with Crippen LogP contribution < -0.4 is 10.1 Å². The third-order valence-electron chi connectivity index (χ3n) is 4.07. The molecule has 2 aromatic carbocycles. The Morgan fingerprint density at radius 3 is 2.64 bits per heavy atom. The molecule has 4 aromatic rings. The predicted molar refractivity (Wildman–Crippen MR) is 101 cm³/mol. The molecule has 0 radical (unpaired) electrons. The Bertz CT molecular complexity index is 1180. The number of fused-ring (bicyclic) bond motifs is 1. The molecule has 138 valence electrons. The zero-order valence-electron chi connectivity index (χ0n) is 14.5. The van der Waals surface area contributed by atoms with Gasteiger partial charge >= 0.3 is 0 Å². The highest BCUT2D eigenvalue weighted by atomic mass is 19.1. The van der Waals surface area contributed by atoms with E-state index in [1.165, 1.54) is 18.2 Å². The van der Waals surface area contributed by atoms with Crippen molar-refractivity contribution in [3.05, 3.63) is 83.7 Å². The van der Waals surface area contributed by atoms with Gasteiger partial charge in [-0.1, -0.05) is 6.07 Å². The van der Waals surface area contributed by atoms with Crippen molar-refractivity contribution in [2.45, 2.75) is 6.61 Å². The summed E-state index contributed by atoms with van der Waals surface area (Å²) in [6, 6.07) is 16.0. The fraction of sp³-hybridized carbons (Fsp3) is 0.0476. The van der Waals surface area contributed by atoms with E-state index < -0.39 is 11.6 Å². The van der Waals surface area contributed by atoms with Gasteiger partial charge in [0.25, 0.3) is 0 Å². The van der Waals surface area contributed by atoms with Crippen LogP contribution in [0, 0.1) is 23.0 Å². The molecular formula is C21H14F2N4O. The monoisotopic (exact) mass is 376 g/mol. The quantitative estimate of drug-likeness (QED) is 0.512. The van der Waals surface area contributed by atoms with Gasteiger partial charge in [-0.15, -0.1) is 0 Å². The molecule has 0 amide bonds. The van der Waals surface area contributed by atoms with Gasteiger partial charge in [0, 0.05) is 35.6 Å². The van der Waals surface area contributed by atoms with Crippen molar-refractivity contribution in [3.63, 3.8) is 0 Å². The highest BCUT2D eigenvalue weighted by molar-refractivity contribution is 5.83. The normalized spacial score (nSPS) is 10.6. The summed E-state index contributed by atoms with van der Waals surface area (Å²) in [5.74, 6) is -0.564. The van der Waals surface area contributed by atoms with E-state index in [-0.39, 0.29) is 12.3 Å². The number of H-pyrrole nitrogens is 1. The molecule has 2 N–H and O–H groups in total. The highest BCUT2D eigenvalue weighted by Gasteiger charge is 2.07. The molecular weight excluding hydrogens is 362 g/mol. The van der Waals surface area contributed by atoms with Crippen LogP contribution in [0.2, 0.25) is 0 Å². The maximum atomic E-state index is 13.3. The van der Waals surface area contributed by atoms with Gasteiger partial charge in [0.15, 0.2) is 0 Å². The van der Waals surface area contributed by atoms with Gasteiger partial charge in [-0.25, -0.2) is 13.8 Å². The van der Waals surface area contributed by atoms with E-state index in [0.717, 1.165) is 22.7 Å². The molecule has 5 nitrogen and oxygen atoms in total. The van der Waals surface area contributed by atoms with Crippen molar-refractivity contribution in [3.8, 4) is 11.8 Å². The topological polar surface area (TPSA) is 73.7 Å². The second-order valence-electron chi connectivity index (χ2n) is 6.16. The summed E-state index contributed by atoms with van der Waals surface area (Å²) in [4.78, 5) is 7.34. The number of benzene rings is 2. The first-order chi connectivity index (χ1) is 13.6. The summed E-state index contributed by atoms with van der Waals surface area (Å²) in [6.07, 6.45) is 1.85. The van der Waals surface area contributed by atoms with Gasteiger partial charge < -0.3 is 15.0 Å². The van der Waals surface area contributed by atoms with E-state index >= 15 is 0 Å². The lowest BCUT2D eigenvalue weighted by atomic mass is 10.2. The summed E-state index contributed by atoms with van der Waals surface area (Å²) >= 11 is 0. The maximum absolute atomic E-state index is 13.3. The average Bonchev–Trinajstić information content (AvgIpc) is 3.13. The fourth-order valence-corrected chi connectivity index (χ4v) is 2.84. The fourth-order valence-electron chi connectivity index (χ4n) is 2.84. The Balaban J connectivity index is 1.55. The molecule has 0 unspecified atom stereocenters. The smallest absolute Gasteiger partial charge is 0.146 e. The van der Waals surface area contributed by atoms with Gasteiger partial charge in [0.1, 0.15) is 41.6 Å². The average molecular weight is 376 g/mol. The Morgan fingerprint density at radius 2 is 1.86 bits per heavy atom. The Hall–Kier alpha value is -3.92. The lowest BCUT2D eigenvalue weighted by molar-refractivity contribution is 0.304. The molecule has 0 spiro atoms. The van der Waals surface area contributed by atoms with Crippen LogP contribution in [0.4, 0.5) is 20.3 Å². The van der Waals surface area contributed by atoms with Crippen molar-refractivity contribution in [2.24, 2.45) is 0 Å². The Labute approximate surface area is 159 Å². The number of hydrogen-bond acceptors (Lipinski definition) is 4. The number of aromatic amines is 1. The maximum Gasteiger partial charge on any atom is 0.146 e. The third kappa shape index (κ3) is 3.91. The number of pyridine rings is 1. The molecule has 0 aliphatic carbocycles. The number of anilines is 2. The van der Waals surface area contributed by atoms with Crippen molar-refractivity contribution >= 4 is 22.4 Å². The van der Waals surface area contributed by atoms with Crippen LogP contribution in [0.25, 0.3) is 10.9 Å². The molecule has 2 aromatic heterocycles. The van der Waals surface area contributed by atoms with E-state index in [2.05, 4.69) is 15.3 Å². The standard InChI is InChI=1S/C21H14F2N4O/c22-15-5-13(6-16(23)7-15)12-28-19-8-18(11-24)27-21(10-19)26-17-2-1-14-3-4-25-20(14)9-17/h1-10,25H,12H2,(H,26,27). The summed E-state index contributed by atoms with van der Waals surface area (Å²) in [5, 5.41) is 13.4. The second kappa shape index (κ2) is 7.37. The molecule has 2 heterocycles. The number of hydrogen-bond donors (Lipinski definition) is 2. The minimum Gasteiger partial charge on any atom is -0.489 e. The largest absolute Gasteiger partial charge is 0.489 e. The second-order valence-corrected chi connectivity index (χ2v) is 6.16. The summed E-state index contributed by atoms with van der Waals surface area (Å²) in [6.45, 7) is -0.0442. The lowest BCUT2D eigenvalue weighted by Crippen LogP contribution is -2.00. The van der Waals surface area contributed by atoms with Crippen molar-refractivity contribution < 1.29 is 13.5 Å². The molecule has 4 rings (SSSR count). The first-order valence-corrected chi connectivity index (χ1v) is 8.43. The van der Waals surface area contributed by atoms with Crippen LogP contribution in [-0.4, -0.2) is 9.97 Å². The molecule has 0 fully saturated rings. The molecule has 0 aliphatic heterocycles. The number of nitriles is 1. The van der Waals surface area contributed by atoms with Gasteiger partial charge in [-0.2, -0.15) is 5.26 Å². The van der Waals surface area contributed by atoms with E-state index in [1.807, 2.05) is 36.5 Å². The van der Waals surface area contributed by atoms with Crippen molar-refractivity contribution in [1.82, 2.24) is 9.97 Å². The van der Waals surface area contributed by atoms with Gasteiger partial charge in [-0.05, 0) is 41.3 Å². The zero-order valence-corrected chi connectivity index (χ0v) is 14.5. The first kappa shape index (κ1) is 17.5. The summed E-state index contributed by atoms with van der Waals surface area (Å²) in [5.41, 5.74) is 2.26. The lowest BCUT2D eigenvalue weighted by Gasteiger charge is -2.11. The molecule has 0 aliphatic rings.